The van der Waals surface area contributed by atoms with E-state index in [4.69, 9.17) is 18.9 Å². The molecule has 1 N–H and O–H groups in total. The number of benzene rings is 3. The molecule has 3 aromatic carbocycles. The highest BCUT2D eigenvalue weighted by molar-refractivity contribution is 6.76. The fourth-order valence-electron chi connectivity index (χ4n) is 5.48. The van der Waals surface area contributed by atoms with Crippen LogP contribution in [0.5, 0.6) is 5.75 Å². The minimum absolute atomic E-state index is 0.0211. The molecule has 2 atom stereocenters. The molecule has 11 heteroatoms. The van der Waals surface area contributed by atoms with E-state index in [-0.39, 0.29) is 43.8 Å². The summed E-state index contributed by atoms with van der Waals surface area (Å²) in [7, 11) is -1.34. The van der Waals surface area contributed by atoms with Gasteiger partial charge in [-0.2, -0.15) is 0 Å². The molecular weight excluding hydrogens is 617 g/mol. The third kappa shape index (κ3) is 10.0. The highest BCUT2D eigenvalue weighted by Gasteiger charge is 2.34. The lowest BCUT2D eigenvalue weighted by molar-refractivity contribution is -0.0234. The van der Waals surface area contributed by atoms with Gasteiger partial charge < -0.3 is 23.8 Å². The Bertz CT molecular complexity index is 1630. The van der Waals surface area contributed by atoms with Crippen LogP contribution in [0.1, 0.15) is 23.5 Å². The first-order valence-electron chi connectivity index (χ1n) is 15.9. The number of amides is 2. The van der Waals surface area contributed by atoms with E-state index in [0.717, 1.165) is 27.9 Å². The Labute approximate surface area is 276 Å². The quantitative estimate of drug-likeness (QED) is 0.122. The van der Waals surface area contributed by atoms with Crippen molar-refractivity contribution in [3.05, 3.63) is 102 Å². The number of hydrogen-bond donors (Lipinski definition) is 1. The summed E-state index contributed by atoms with van der Waals surface area (Å²) in [6.45, 7) is 8.51. The van der Waals surface area contributed by atoms with Crippen LogP contribution in [-0.2, 0) is 20.8 Å². The molecule has 0 saturated carbocycles. The second-order valence-electron chi connectivity index (χ2n) is 12.8. The lowest BCUT2D eigenvalue weighted by Gasteiger charge is -2.38. The van der Waals surface area contributed by atoms with Gasteiger partial charge in [0.05, 0.1) is 25.9 Å². The van der Waals surface area contributed by atoms with E-state index >= 15 is 0 Å². The van der Waals surface area contributed by atoms with Gasteiger partial charge in [-0.1, -0.05) is 62.1 Å². The smallest absolute Gasteiger partial charge is 0.412 e. The van der Waals surface area contributed by atoms with Crippen molar-refractivity contribution in [1.82, 2.24) is 9.88 Å². The van der Waals surface area contributed by atoms with E-state index in [1.165, 1.54) is 12.1 Å². The molecule has 2 amide bonds. The summed E-state index contributed by atoms with van der Waals surface area (Å²) in [6, 6.07) is 24.5. The molecule has 0 spiro atoms. The van der Waals surface area contributed by atoms with Crippen LogP contribution in [0.4, 0.5) is 19.8 Å². The van der Waals surface area contributed by atoms with E-state index in [9.17, 15) is 14.0 Å². The molecule has 248 valence electrons. The molecule has 1 aromatic heterocycles. The van der Waals surface area contributed by atoms with Gasteiger partial charge >= 0.3 is 12.2 Å². The van der Waals surface area contributed by atoms with Gasteiger partial charge in [0.2, 0.25) is 0 Å². The van der Waals surface area contributed by atoms with Crippen molar-refractivity contribution in [3.8, 4) is 5.75 Å². The van der Waals surface area contributed by atoms with E-state index in [1.807, 2.05) is 30.3 Å². The van der Waals surface area contributed by atoms with Gasteiger partial charge in [-0.05, 0) is 65.4 Å². The van der Waals surface area contributed by atoms with Crippen LogP contribution >= 0.6 is 0 Å². The Morgan fingerprint density at radius 3 is 2.51 bits per heavy atom. The number of fused-ring (bicyclic) bond motifs is 1. The predicted octanol–water partition coefficient (Wildman–Crippen LogP) is 7.85. The molecule has 5 rings (SSSR count). The number of anilines is 1. The topological polar surface area (TPSA) is 99.2 Å². The van der Waals surface area contributed by atoms with Gasteiger partial charge in [-0.25, -0.2) is 19.0 Å². The normalized spacial score (nSPS) is 16.5. The Hall–Kier alpha value is -4.48. The lowest BCUT2D eigenvalue weighted by Crippen LogP contribution is -2.47. The number of nitrogens with zero attached hydrogens (tertiary/aromatic N) is 2. The SMILES string of the molecule is C[Si](C)(C)CCOC(=O)N1CCC(c2ccc(F)cc2)C(OCc2cc(OCCOC(=O)Nc3ccccn3)c3ccccc3c2)C1. The van der Waals surface area contributed by atoms with Crippen molar-refractivity contribution in [1.29, 1.82) is 0 Å². The molecule has 0 aliphatic carbocycles. The Kier molecular flexibility index (Phi) is 11.4. The number of ether oxygens (including phenoxy) is 4. The number of pyridine rings is 1. The molecule has 2 heterocycles. The third-order valence-corrected chi connectivity index (χ3v) is 9.71. The number of likely N-dealkylation sites (tertiary alicyclic amines) is 1. The van der Waals surface area contributed by atoms with E-state index < -0.39 is 14.2 Å². The monoisotopic (exact) mass is 659 g/mol. The second-order valence-corrected chi connectivity index (χ2v) is 18.4. The van der Waals surface area contributed by atoms with Crippen LogP contribution < -0.4 is 10.1 Å². The zero-order valence-electron chi connectivity index (χ0n) is 27.1. The first-order chi connectivity index (χ1) is 22.6. The van der Waals surface area contributed by atoms with Gasteiger partial charge in [0.1, 0.15) is 30.6 Å². The molecule has 47 heavy (non-hydrogen) atoms. The maximum absolute atomic E-state index is 13.8. The number of hydrogen-bond acceptors (Lipinski definition) is 7. The fraction of sp³-hybridized carbons (Fsp3) is 0.361. The highest BCUT2D eigenvalue weighted by Crippen LogP contribution is 2.33. The Morgan fingerprint density at radius 1 is 0.957 bits per heavy atom. The summed E-state index contributed by atoms with van der Waals surface area (Å²) in [6.07, 6.45) is 0.973. The van der Waals surface area contributed by atoms with Gasteiger partial charge in [0, 0.05) is 32.1 Å². The van der Waals surface area contributed by atoms with Gasteiger partial charge in [-0.15, -0.1) is 0 Å². The number of halogens is 1. The molecule has 0 radical (unpaired) electrons. The third-order valence-electron chi connectivity index (χ3n) is 8.01. The average molecular weight is 660 g/mol. The molecule has 0 bridgehead atoms. The van der Waals surface area contributed by atoms with E-state index in [2.05, 4.69) is 36.0 Å². The second kappa shape index (κ2) is 15.9. The number of carbonyl (C=O) groups is 2. The summed E-state index contributed by atoms with van der Waals surface area (Å²) in [5, 5.41) is 4.47. The van der Waals surface area contributed by atoms with E-state index in [1.54, 1.807) is 41.4 Å². The van der Waals surface area contributed by atoms with Crippen molar-refractivity contribution >= 4 is 36.9 Å². The summed E-state index contributed by atoms with van der Waals surface area (Å²) in [5.74, 6) is 0.727. The summed E-state index contributed by atoms with van der Waals surface area (Å²) in [4.78, 5) is 30.9. The molecule has 2 unspecified atom stereocenters. The predicted molar refractivity (Wildman–Crippen MR) is 182 cm³/mol. The number of rotatable bonds is 12. The number of aromatic nitrogens is 1. The Balaban J connectivity index is 1.24. The van der Waals surface area contributed by atoms with Gasteiger partial charge in [0.15, 0.2) is 0 Å². The minimum Gasteiger partial charge on any atom is -0.489 e. The van der Waals surface area contributed by atoms with Crippen LogP contribution in [0.3, 0.4) is 0 Å². The maximum atomic E-state index is 13.8. The van der Waals surface area contributed by atoms with Crippen LogP contribution in [0.15, 0.2) is 85.1 Å². The van der Waals surface area contributed by atoms with E-state index in [0.29, 0.717) is 37.7 Å². The fourth-order valence-corrected chi connectivity index (χ4v) is 6.20. The molecule has 9 nitrogen and oxygen atoms in total. The van der Waals surface area contributed by atoms with Crippen molar-refractivity contribution in [3.63, 3.8) is 0 Å². The van der Waals surface area contributed by atoms with Gasteiger partial charge in [0.25, 0.3) is 0 Å². The molecule has 1 saturated heterocycles. The molecule has 1 fully saturated rings. The van der Waals surface area contributed by atoms with Crippen molar-refractivity contribution in [2.45, 2.75) is 50.7 Å². The molecule has 1 aliphatic heterocycles. The lowest BCUT2D eigenvalue weighted by atomic mass is 9.87. The standard InChI is InChI=1S/C36H42FN3O6Si/c1-47(2,3)21-20-45-36(42)40-17-15-31(27-11-13-29(37)14-12-27)33(24-40)46-25-26-22-28-8-4-5-9-30(28)32(23-26)43-18-19-44-35(41)39-34-10-6-7-16-38-34/h4-14,16,22-23,31,33H,15,17-21,24-25H2,1-3H3,(H,38,39,41). The summed E-state index contributed by atoms with van der Waals surface area (Å²) in [5.41, 5.74) is 1.86. The average Bonchev–Trinajstić information content (AvgIpc) is 3.06. The summed E-state index contributed by atoms with van der Waals surface area (Å²) < 4.78 is 37.3. The van der Waals surface area contributed by atoms with Crippen molar-refractivity contribution in [2.75, 3.05) is 38.2 Å². The van der Waals surface area contributed by atoms with Crippen LogP contribution in [0, 0.1) is 5.82 Å². The molecule has 4 aromatic rings. The summed E-state index contributed by atoms with van der Waals surface area (Å²) >= 11 is 0. The largest absolute Gasteiger partial charge is 0.489 e. The zero-order valence-corrected chi connectivity index (χ0v) is 28.1. The Morgan fingerprint density at radius 2 is 1.74 bits per heavy atom. The molecule has 1 aliphatic rings. The van der Waals surface area contributed by atoms with Crippen LogP contribution in [-0.4, -0.2) is 69.2 Å². The first-order valence-corrected chi connectivity index (χ1v) is 19.6. The minimum atomic E-state index is -1.34. The van der Waals surface area contributed by atoms with Gasteiger partial charge in [-0.3, -0.25) is 5.32 Å². The zero-order chi connectivity index (χ0) is 33.2. The van der Waals surface area contributed by atoms with Crippen molar-refractivity contribution < 1.29 is 32.9 Å². The van der Waals surface area contributed by atoms with Crippen LogP contribution in [0.2, 0.25) is 25.7 Å². The number of nitrogens with one attached hydrogen (secondary N) is 1. The maximum Gasteiger partial charge on any atom is 0.412 e. The first kappa shape index (κ1) is 33.9. The number of carbonyl (C=O) groups excluding carboxylic acids is 2. The number of piperidine rings is 1. The van der Waals surface area contributed by atoms with Crippen molar-refractivity contribution in [2.24, 2.45) is 0 Å². The highest BCUT2D eigenvalue weighted by atomic mass is 28.3. The molecular formula is C36H42FN3O6Si. The van der Waals surface area contributed by atoms with Crippen LogP contribution in [0.25, 0.3) is 10.8 Å².